The highest BCUT2D eigenvalue weighted by molar-refractivity contribution is 6.42. The first-order valence-electron chi connectivity index (χ1n) is 11.2. The van der Waals surface area contributed by atoms with Crippen molar-refractivity contribution in [3.8, 4) is 0 Å². The Morgan fingerprint density at radius 1 is 1.15 bits per heavy atom. The van der Waals surface area contributed by atoms with Crippen LogP contribution in [0.1, 0.15) is 38.3 Å². The molecule has 0 radical (unpaired) electrons. The summed E-state index contributed by atoms with van der Waals surface area (Å²) in [7, 11) is 1.63. The third-order valence-electron chi connectivity index (χ3n) is 5.98. The monoisotopic (exact) mass is 496 g/mol. The fourth-order valence-corrected chi connectivity index (χ4v) is 4.61. The lowest BCUT2D eigenvalue weighted by atomic mass is 9.94. The maximum atomic E-state index is 13.1. The van der Waals surface area contributed by atoms with Crippen LogP contribution in [-0.4, -0.2) is 79.0 Å². The predicted molar refractivity (Wildman–Crippen MR) is 127 cm³/mol. The Balaban J connectivity index is 1.99. The largest absolute Gasteiger partial charge is 0.463 e. The number of nitrogens with zero attached hydrogens (tertiary/aromatic N) is 3. The Morgan fingerprint density at radius 2 is 1.91 bits per heavy atom. The number of amides is 3. The SMILES string of the molecule is CCOC(=O)C1=C(CN2CCCN(C(=O)CC)CC2)N(C)C(=O)NC1c1cccc(Cl)c1Cl. The van der Waals surface area contributed by atoms with Crippen molar-refractivity contribution in [3.05, 3.63) is 45.1 Å². The highest BCUT2D eigenvalue weighted by Gasteiger charge is 2.38. The number of esters is 1. The van der Waals surface area contributed by atoms with Gasteiger partial charge in [-0.05, 0) is 25.0 Å². The van der Waals surface area contributed by atoms with E-state index in [0.29, 0.717) is 54.5 Å². The molecule has 1 atom stereocenters. The average molecular weight is 497 g/mol. The number of likely N-dealkylation sites (N-methyl/N-ethyl adjacent to an activating group) is 1. The van der Waals surface area contributed by atoms with Crippen molar-refractivity contribution in [3.63, 3.8) is 0 Å². The first-order chi connectivity index (χ1) is 15.8. The van der Waals surface area contributed by atoms with Crippen LogP contribution in [0.4, 0.5) is 4.79 Å². The summed E-state index contributed by atoms with van der Waals surface area (Å²) < 4.78 is 5.37. The molecule has 2 aliphatic rings. The molecule has 1 aromatic carbocycles. The van der Waals surface area contributed by atoms with E-state index >= 15 is 0 Å². The van der Waals surface area contributed by atoms with Crippen LogP contribution in [-0.2, 0) is 14.3 Å². The van der Waals surface area contributed by atoms with Crippen molar-refractivity contribution in [2.24, 2.45) is 0 Å². The van der Waals surface area contributed by atoms with Gasteiger partial charge in [-0.2, -0.15) is 0 Å². The number of hydrogen-bond donors (Lipinski definition) is 1. The minimum absolute atomic E-state index is 0.133. The fraction of sp³-hybridized carbons (Fsp3) is 0.522. The molecule has 0 saturated carbocycles. The summed E-state index contributed by atoms with van der Waals surface area (Å²) in [6, 6.07) is 3.97. The number of urea groups is 1. The molecule has 1 unspecified atom stereocenters. The molecule has 1 saturated heterocycles. The number of ether oxygens (including phenoxy) is 1. The summed E-state index contributed by atoms with van der Waals surface area (Å²) in [5, 5.41) is 3.47. The van der Waals surface area contributed by atoms with Crippen LogP contribution >= 0.6 is 23.2 Å². The number of nitrogens with one attached hydrogen (secondary N) is 1. The van der Waals surface area contributed by atoms with Crippen LogP contribution in [0, 0.1) is 0 Å². The van der Waals surface area contributed by atoms with Gasteiger partial charge in [0.1, 0.15) is 0 Å². The van der Waals surface area contributed by atoms with E-state index in [1.165, 1.54) is 4.90 Å². The Morgan fingerprint density at radius 3 is 2.61 bits per heavy atom. The molecule has 2 aliphatic heterocycles. The summed E-state index contributed by atoms with van der Waals surface area (Å²) in [5.41, 5.74) is 1.41. The van der Waals surface area contributed by atoms with Gasteiger partial charge in [0.2, 0.25) is 5.91 Å². The number of benzene rings is 1. The second-order valence-corrected chi connectivity index (χ2v) is 8.81. The molecule has 0 aromatic heterocycles. The van der Waals surface area contributed by atoms with Gasteiger partial charge in [0.25, 0.3) is 0 Å². The zero-order valence-corrected chi connectivity index (χ0v) is 20.7. The fourth-order valence-electron chi connectivity index (χ4n) is 4.19. The minimum Gasteiger partial charge on any atom is -0.463 e. The van der Waals surface area contributed by atoms with Gasteiger partial charge in [-0.1, -0.05) is 42.3 Å². The third kappa shape index (κ3) is 5.62. The van der Waals surface area contributed by atoms with Crippen molar-refractivity contribution < 1.29 is 19.1 Å². The summed E-state index contributed by atoms with van der Waals surface area (Å²) in [6.07, 6.45) is 1.29. The highest BCUT2D eigenvalue weighted by Crippen LogP contribution is 2.37. The van der Waals surface area contributed by atoms with E-state index in [1.807, 2.05) is 11.8 Å². The van der Waals surface area contributed by atoms with Crippen LogP contribution in [0.3, 0.4) is 0 Å². The first-order valence-corrected chi connectivity index (χ1v) is 11.9. The topological polar surface area (TPSA) is 82.2 Å². The second-order valence-electron chi connectivity index (χ2n) is 8.03. The summed E-state index contributed by atoms with van der Waals surface area (Å²) in [5.74, 6) is -0.383. The third-order valence-corrected chi connectivity index (χ3v) is 6.82. The van der Waals surface area contributed by atoms with E-state index in [0.717, 1.165) is 13.0 Å². The van der Waals surface area contributed by atoms with E-state index in [9.17, 15) is 14.4 Å². The molecule has 10 heteroatoms. The Labute approximate surface area is 204 Å². The number of hydrogen-bond acceptors (Lipinski definition) is 5. The zero-order chi connectivity index (χ0) is 24.1. The van der Waals surface area contributed by atoms with Gasteiger partial charge in [0.15, 0.2) is 0 Å². The van der Waals surface area contributed by atoms with Crippen molar-refractivity contribution in [1.82, 2.24) is 20.0 Å². The number of halogens is 2. The van der Waals surface area contributed by atoms with Gasteiger partial charge in [-0.15, -0.1) is 0 Å². The maximum Gasteiger partial charge on any atom is 0.338 e. The molecule has 0 spiro atoms. The second kappa shape index (κ2) is 11.2. The molecule has 180 valence electrons. The van der Waals surface area contributed by atoms with E-state index in [-0.39, 0.29) is 23.6 Å². The predicted octanol–water partition coefficient (Wildman–Crippen LogP) is 3.45. The molecular weight excluding hydrogens is 467 g/mol. The van der Waals surface area contributed by atoms with Crippen LogP contribution in [0.2, 0.25) is 10.0 Å². The lowest BCUT2D eigenvalue weighted by Crippen LogP contribution is -2.49. The van der Waals surface area contributed by atoms with Gasteiger partial charge in [0.05, 0.1) is 28.3 Å². The Kier molecular flexibility index (Phi) is 8.62. The average Bonchev–Trinajstić information content (AvgIpc) is 3.04. The molecule has 1 aromatic rings. The van der Waals surface area contributed by atoms with Crippen molar-refractivity contribution in [2.75, 3.05) is 46.4 Å². The summed E-state index contributed by atoms with van der Waals surface area (Å²) in [4.78, 5) is 43.6. The molecule has 3 amide bonds. The van der Waals surface area contributed by atoms with Crippen LogP contribution in [0.25, 0.3) is 0 Å². The first kappa shape index (κ1) is 25.3. The van der Waals surface area contributed by atoms with E-state index in [2.05, 4.69) is 10.2 Å². The van der Waals surface area contributed by atoms with Gasteiger partial charge in [0, 0.05) is 51.9 Å². The van der Waals surface area contributed by atoms with Gasteiger partial charge in [-0.3, -0.25) is 14.6 Å². The molecule has 1 fully saturated rings. The molecule has 2 heterocycles. The van der Waals surface area contributed by atoms with Crippen molar-refractivity contribution in [1.29, 1.82) is 0 Å². The van der Waals surface area contributed by atoms with Crippen LogP contribution in [0.5, 0.6) is 0 Å². The Hall–Kier alpha value is -2.29. The molecule has 33 heavy (non-hydrogen) atoms. The quantitative estimate of drug-likeness (QED) is 0.609. The lowest BCUT2D eigenvalue weighted by molar-refractivity contribution is -0.139. The molecular formula is C23H30Cl2N4O4. The zero-order valence-electron chi connectivity index (χ0n) is 19.2. The number of rotatable bonds is 6. The van der Waals surface area contributed by atoms with E-state index in [1.54, 1.807) is 32.2 Å². The summed E-state index contributed by atoms with van der Waals surface area (Å²) >= 11 is 12.7. The maximum absolute atomic E-state index is 13.1. The molecule has 1 N–H and O–H groups in total. The number of carbonyl (C=O) groups is 3. The van der Waals surface area contributed by atoms with Crippen LogP contribution in [0.15, 0.2) is 29.5 Å². The Bertz CT molecular complexity index is 952. The van der Waals surface area contributed by atoms with E-state index in [4.69, 9.17) is 27.9 Å². The smallest absolute Gasteiger partial charge is 0.338 e. The standard InChI is InChI=1S/C23H30Cl2N4O4/c1-4-18(30)29-11-7-10-28(12-13-29)14-17-19(22(31)33-5-2)21(26-23(32)27(17)3)15-8-6-9-16(24)20(15)25/h6,8-9,21H,4-5,7,10-14H2,1-3H3,(H,26,32). The number of carbonyl (C=O) groups excluding carboxylic acids is 3. The van der Waals surface area contributed by atoms with Crippen molar-refractivity contribution in [2.45, 2.75) is 32.7 Å². The molecule has 8 nitrogen and oxygen atoms in total. The van der Waals surface area contributed by atoms with E-state index < -0.39 is 12.0 Å². The normalized spacial score (nSPS) is 19.9. The molecule has 3 rings (SSSR count). The van der Waals surface area contributed by atoms with Gasteiger partial charge >= 0.3 is 12.0 Å². The van der Waals surface area contributed by atoms with Gasteiger partial charge in [-0.25, -0.2) is 9.59 Å². The van der Waals surface area contributed by atoms with Crippen molar-refractivity contribution >= 4 is 41.1 Å². The summed E-state index contributed by atoms with van der Waals surface area (Å²) in [6.45, 7) is 6.84. The molecule has 0 bridgehead atoms. The molecule has 0 aliphatic carbocycles. The lowest BCUT2D eigenvalue weighted by Gasteiger charge is -2.37. The van der Waals surface area contributed by atoms with Crippen LogP contribution < -0.4 is 5.32 Å². The minimum atomic E-state index is -0.793. The van der Waals surface area contributed by atoms with Gasteiger partial charge < -0.3 is 15.0 Å². The highest BCUT2D eigenvalue weighted by atomic mass is 35.5.